The minimum absolute atomic E-state index is 0.319. The highest BCUT2D eigenvalue weighted by atomic mass is 19.1. The van der Waals surface area contributed by atoms with Gasteiger partial charge in [-0.2, -0.15) is 5.26 Å². The second kappa shape index (κ2) is 6.68. The Kier molecular flexibility index (Phi) is 4.44. The molecule has 1 nitrogen and oxygen atoms in total. The average molecular weight is 315 g/mol. The van der Waals surface area contributed by atoms with Gasteiger partial charge in [-0.15, -0.1) is 0 Å². The van der Waals surface area contributed by atoms with Gasteiger partial charge in [-0.3, -0.25) is 0 Å². The molecule has 0 fully saturated rings. The first-order valence-electron chi connectivity index (χ1n) is 7.99. The van der Waals surface area contributed by atoms with Gasteiger partial charge in [-0.25, -0.2) is 4.39 Å². The Morgan fingerprint density at radius 3 is 2.17 bits per heavy atom. The average Bonchev–Trinajstić information content (AvgIpc) is 2.62. The SMILES string of the molecule is CC(C)c1ccc(-c2ccc(F)c(-c3ccccc3C#N)c2)cc1. The van der Waals surface area contributed by atoms with Crippen LogP contribution in [0.5, 0.6) is 0 Å². The largest absolute Gasteiger partial charge is 0.206 e. The lowest BCUT2D eigenvalue weighted by Crippen LogP contribution is -1.91. The van der Waals surface area contributed by atoms with Gasteiger partial charge in [0.15, 0.2) is 0 Å². The molecule has 0 aliphatic carbocycles. The second-order valence-corrected chi connectivity index (χ2v) is 6.13. The van der Waals surface area contributed by atoms with Crippen LogP contribution in [-0.4, -0.2) is 0 Å². The summed E-state index contributed by atoms with van der Waals surface area (Å²) in [5.41, 5.74) is 4.81. The van der Waals surface area contributed by atoms with E-state index in [0.717, 1.165) is 11.1 Å². The Balaban J connectivity index is 2.08. The predicted molar refractivity (Wildman–Crippen MR) is 96.1 cm³/mol. The summed E-state index contributed by atoms with van der Waals surface area (Å²) in [7, 11) is 0. The van der Waals surface area contributed by atoms with Crippen LogP contribution < -0.4 is 0 Å². The number of benzene rings is 3. The fourth-order valence-electron chi connectivity index (χ4n) is 2.79. The molecule has 0 radical (unpaired) electrons. The molecule has 118 valence electrons. The lowest BCUT2D eigenvalue weighted by atomic mass is 9.94. The third-order valence-corrected chi connectivity index (χ3v) is 4.21. The molecule has 0 unspecified atom stereocenters. The van der Waals surface area contributed by atoms with E-state index in [1.165, 1.54) is 11.6 Å². The van der Waals surface area contributed by atoms with Crippen molar-refractivity contribution in [2.45, 2.75) is 19.8 Å². The molecule has 3 rings (SSSR count). The van der Waals surface area contributed by atoms with E-state index in [2.05, 4.69) is 44.2 Å². The molecule has 0 saturated heterocycles. The molecule has 3 aromatic rings. The monoisotopic (exact) mass is 315 g/mol. The minimum Gasteiger partial charge on any atom is -0.206 e. The summed E-state index contributed by atoms with van der Waals surface area (Å²) in [4.78, 5) is 0. The van der Waals surface area contributed by atoms with Gasteiger partial charge in [0.1, 0.15) is 5.82 Å². The fraction of sp³-hybridized carbons (Fsp3) is 0.136. The highest BCUT2D eigenvalue weighted by Crippen LogP contribution is 2.31. The highest BCUT2D eigenvalue weighted by molar-refractivity contribution is 5.76. The zero-order valence-electron chi connectivity index (χ0n) is 13.8. The molecule has 3 aromatic carbocycles. The molecule has 0 N–H and O–H groups in total. The van der Waals surface area contributed by atoms with E-state index in [1.54, 1.807) is 24.3 Å². The molecular weight excluding hydrogens is 297 g/mol. The summed E-state index contributed by atoms with van der Waals surface area (Å²) in [6.45, 7) is 4.31. The highest BCUT2D eigenvalue weighted by Gasteiger charge is 2.11. The van der Waals surface area contributed by atoms with Crippen molar-refractivity contribution in [3.05, 3.63) is 83.7 Å². The smallest absolute Gasteiger partial charge is 0.131 e. The van der Waals surface area contributed by atoms with Crippen LogP contribution in [0.15, 0.2) is 66.7 Å². The summed E-state index contributed by atoms with van der Waals surface area (Å²) < 4.78 is 14.3. The van der Waals surface area contributed by atoms with Crippen molar-refractivity contribution in [2.24, 2.45) is 0 Å². The molecule has 0 saturated carbocycles. The van der Waals surface area contributed by atoms with E-state index in [9.17, 15) is 9.65 Å². The quantitative estimate of drug-likeness (QED) is 0.568. The van der Waals surface area contributed by atoms with Gasteiger partial charge < -0.3 is 0 Å². The van der Waals surface area contributed by atoms with Crippen molar-refractivity contribution in [3.8, 4) is 28.3 Å². The first kappa shape index (κ1) is 16.0. The van der Waals surface area contributed by atoms with Gasteiger partial charge in [-0.1, -0.05) is 62.4 Å². The minimum atomic E-state index is -0.319. The van der Waals surface area contributed by atoms with Gasteiger partial charge in [0.2, 0.25) is 0 Å². The topological polar surface area (TPSA) is 23.8 Å². The Morgan fingerprint density at radius 1 is 0.833 bits per heavy atom. The molecular formula is C22H18FN. The summed E-state index contributed by atoms with van der Waals surface area (Å²) in [6, 6.07) is 22.6. The number of nitrogens with zero attached hydrogens (tertiary/aromatic N) is 1. The van der Waals surface area contributed by atoms with Crippen LogP contribution in [-0.2, 0) is 0 Å². The number of hydrogen-bond acceptors (Lipinski definition) is 1. The van der Waals surface area contributed by atoms with E-state index in [-0.39, 0.29) is 5.82 Å². The zero-order valence-corrected chi connectivity index (χ0v) is 13.8. The number of rotatable bonds is 3. The van der Waals surface area contributed by atoms with Crippen LogP contribution in [0, 0.1) is 17.1 Å². The Bertz CT molecular complexity index is 902. The molecule has 0 aliphatic rings. The maximum atomic E-state index is 14.3. The predicted octanol–water partition coefficient (Wildman–Crippen LogP) is 6.15. The molecule has 0 aliphatic heterocycles. The van der Waals surface area contributed by atoms with Gasteiger partial charge >= 0.3 is 0 Å². The Labute approximate surface area is 142 Å². The van der Waals surface area contributed by atoms with Crippen LogP contribution in [0.3, 0.4) is 0 Å². The molecule has 0 atom stereocenters. The number of hydrogen-bond donors (Lipinski definition) is 0. The van der Waals surface area contributed by atoms with E-state index in [4.69, 9.17) is 0 Å². The van der Waals surface area contributed by atoms with E-state index in [1.807, 2.05) is 12.1 Å². The van der Waals surface area contributed by atoms with E-state index < -0.39 is 0 Å². The van der Waals surface area contributed by atoms with Crippen LogP contribution >= 0.6 is 0 Å². The van der Waals surface area contributed by atoms with Crippen LogP contribution in [0.25, 0.3) is 22.3 Å². The molecule has 0 spiro atoms. The summed E-state index contributed by atoms with van der Waals surface area (Å²) >= 11 is 0. The first-order valence-corrected chi connectivity index (χ1v) is 7.99. The summed E-state index contributed by atoms with van der Waals surface area (Å²) in [5, 5.41) is 9.27. The lowest BCUT2D eigenvalue weighted by molar-refractivity contribution is 0.631. The van der Waals surface area contributed by atoms with Gasteiger partial charge in [0.25, 0.3) is 0 Å². The summed E-state index contributed by atoms with van der Waals surface area (Å²) in [5.74, 6) is 0.158. The molecule has 24 heavy (non-hydrogen) atoms. The normalized spacial score (nSPS) is 10.6. The van der Waals surface area contributed by atoms with Crippen molar-refractivity contribution in [1.82, 2.24) is 0 Å². The summed E-state index contributed by atoms with van der Waals surface area (Å²) in [6.07, 6.45) is 0. The number of nitriles is 1. The molecule has 2 heteroatoms. The van der Waals surface area contributed by atoms with E-state index >= 15 is 0 Å². The van der Waals surface area contributed by atoms with Crippen molar-refractivity contribution in [2.75, 3.05) is 0 Å². The Morgan fingerprint density at radius 2 is 1.50 bits per heavy atom. The fourth-order valence-corrected chi connectivity index (χ4v) is 2.79. The van der Waals surface area contributed by atoms with Crippen LogP contribution in [0.2, 0.25) is 0 Å². The van der Waals surface area contributed by atoms with Gasteiger partial charge in [-0.05, 0) is 40.8 Å². The molecule has 0 heterocycles. The first-order chi connectivity index (χ1) is 11.6. The van der Waals surface area contributed by atoms with Crippen LogP contribution in [0.1, 0.15) is 30.9 Å². The maximum absolute atomic E-state index is 14.3. The second-order valence-electron chi connectivity index (χ2n) is 6.13. The van der Waals surface area contributed by atoms with Crippen LogP contribution in [0.4, 0.5) is 4.39 Å². The zero-order chi connectivity index (χ0) is 17.1. The standard InChI is InChI=1S/C22H18FN/c1-15(2)16-7-9-17(10-8-16)18-11-12-22(23)21(13-18)20-6-4-3-5-19(20)14-24/h3-13,15H,1-2H3. The number of halogens is 1. The van der Waals surface area contributed by atoms with Gasteiger partial charge in [0.05, 0.1) is 11.6 Å². The third kappa shape index (κ3) is 3.07. The van der Waals surface area contributed by atoms with Crippen molar-refractivity contribution in [1.29, 1.82) is 5.26 Å². The third-order valence-electron chi connectivity index (χ3n) is 4.21. The lowest BCUT2D eigenvalue weighted by Gasteiger charge is -2.10. The maximum Gasteiger partial charge on any atom is 0.131 e. The van der Waals surface area contributed by atoms with Crippen molar-refractivity contribution < 1.29 is 4.39 Å². The molecule has 0 bridgehead atoms. The Hall–Kier alpha value is -2.92. The van der Waals surface area contributed by atoms with Crippen molar-refractivity contribution in [3.63, 3.8) is 0 Å². The van der Waals surface area contributed by atoms with Gasteiger partial charge in [0, 0.05) is 11.1 Å². The van der Waals surface area contributed by atoms with Crippen molar-refractivity contribution >= 4 is 0 Å². The molecule has 0 aromatic heterocycles. The van der Waals surface area contributed by atoms with E-state index in [0.29, 0.717) is 22.6 Å². The molecule has 0 amide bonds.